The SMILES string of the molecule is O=C(NC(CCO)C1CC1)c1n[nH]c2c1CCCC2. The first kappa shape index (κ1) is 12.7. The van der Waals surface area contributed by atoms with Gasteiger partial charge in [0.25, 0.3) is 5.91 Å². The van der Waals surface area contributed by atoms with E-state index in [2.05, 4.69) is 15.5 Å². The fourth-order valence-corrected chi connectivity index (χ4v) is 2.97. The normalized spacial score (nSPS) is 19.8. The highest BCUT2D eigenvalue weighted by atomic mass is 16.3. The first-order chi connectivity index (χ1) is 9.29. The standard InChI is InChI=1S/C14H21N3O2/c18-8-7-11(9-5-6-9)15-14(19)13-10-3-1-2-4-12(10)16-17-13/h9,11,18H,1-8H2,(H,15,19)(H,16,17). The Labute approximate surface area is 112 Å². The maximum atomic E-state index is 12.3. The third-order valence-corrected chi connectivity index (χ3v) is 4.22. The molecule has 5 nitrogen and oxygen atoms in total. The lowest BCUT2D eigenvalue weighted by atomic mass is 9.95. The van der Waals surface area contributed by atoms with Crippen LogP contribution in [0.4, 0.5) is 0 Å². The Morgan fingerprint density at radius 2 is 2.21 bits per heavy atom. The molecule has 1 atom stereocenters. The van der Waals surface area contributed by atoms with Crippen molar-refractivity contribution in [3.05, 3.63) is 17.0 Å². The van der Waals surface area contributed by atoms with Crippen LogP contribution in [0.1, 0.15) is 53.8 Å². The van der Waals surface area contributed by atoms with Gasteiger partial charge in [-0.2, -0.15) is 5.10 Å². The minimum atomic E-state index is -0.0789. The second kappa shape index (κ2) is 5.33. The van der Waals surface area contributed by atoms with E-state index in [1.807, 2.05) is 0 Å². The number of H-pyrrole nitrogens is 1. The average molecular weight is 263 g/mol. The Morgan fingerprint density at radius 1 is 1.42 bits per heavy atom. The molecule has 1 unspecified atom stereocenters. The molecule has 19 heavy (non-hydrogen) atoms. The number of hydrogen-bond acceptors (Lipinski definition) is 3. The molecular weight excluding hydrogens is 242 g/mol. The molecule has 5 heteroatoms. The van der Waals surface area contributed by atoms with Gasteiger partial charge in [0.05, 0.1) is 0 Å². The number of aliphatic hydroxyl groups is 1. The number of carbonyl (C=O) groups is 1. The highest BCUT2D eigenvalue weighted by molar-refractivity contribution is 5.94. The molecule has 1 fully saturated rings. The van der Waals surface area contributed by atoms with Gasteiger partial charge in [0.2, 0.25) is 0 Å². The maximum Gasteiger partial charge on any atom is 0.272 e. The van der Waals surface area contributed by atoms with Gasteiger partial charge in [-0.1, -0.05) is 0 Å². The summed E-state index contributed by atoms with van der Waals surface area (Å²) in [6.07, 6.45) is 7.21. The number of carbonyl (C=O) groups excluding carboxylic acids is 1. The van der Waals surface area contributed by atoms with Crippen LogP contribution in [0.25, 0.3) is 0 Å². The third-order valence-electron chi connectivity index (χ3n) is 4.22. The second-order valence-corrected chi connectivity index (χ2v) is 5.67. The summed E-state index contributed by atoms with van der Waals surface area (Å²) in [5.74, 6) is 0.468. The molecule has 0 aromatic carbocycles. The largest absolute Gasteiger partial charge is 0.396 e. The summed E-state index contributed by atoms with van der Waals surface area (Å²) in [7, 11) is 0. The summed E-state index contributed by atoms with van der Waals surface area (Å²) in [5.41, 5.74) is 2.79. The van der Waals surface area contributed by atoms with Crippen molar-refractivity contribution in [2.24, 2.45) is 5.92 Å². The molecule has 1 saturated carbocycles. The van der Waals surface area contributed by atoms with Crippen molar-refractivity contribution in [2.75, 3.05) is 6.61 Å². The van der Waals surface area contributed by atoms with Gasteiger partial charge in [0.1, 0.15) is 0 Å². The number of aliphatic hydroxyl groups excluding tert-OH is 1. The van der Waals surface area contributed by atoms with Crippen LogP contribution in [0.15, 0.2) is 0 Å². The number of hydrogen-bond donors (Lipinski definition) is 3. The molecule has 1 aromatic heterocycles. The van der Waals surface area contributed by atoms with Crippen molar-refractivity contribution < 1.29 is 9.90 Å². The van der Waals surface area contributed by atoms with E-state index in [4.69, 9.17) is 5.11 Å². The molecule has 2 aliphatic rings. The molecule has 3 rings (SSSR count). The lowest BCUT2D eigenvalue weighted by Gasteiger charge is -2.17. The van der Waals surface area contributed by atoms with Gasteiger partial charge in [0.15, 0.2) is 5.69 Å². The zero-order valence-electron chi connectivity index (χ0n) is 11.1. The Kier molecular flexibility index (Phi) is 3.55. The highest BCUT2D eigenvalue weighted by Crippen LogP contribution is 2.34. The van der Waals surface area contributed by atoms with Crippen molar-refractivity contribution in [3.63, 3.8) is 0 Å². The predicted molar refractivity (Wildman–Crippen MR) is 70.9 cm³/mol. The molecule has 0 saturated heterocycles. The number of aromatic nitrogens is 2. The summed E-state index contributed by atoms with van der Waals surface area (Å²) < 4.78 is 0. The predicted octanol–water partition coefficient (Wildman–Crippen LogP) is 1.18. The third kappa shape index (κ3) is 2.66. The van der Waals surface area contributed by atoms with Crippen LogP contribution >= 0.6 is 0 Å². The van der Waals surface area contributed by atoms with Gasteiger partial charge in [-0.3, -0.25) is 9.89 Å². The first-order valence-corrected chi connectivity index (χ1v) is 7.27. The van der Waals surface area contributed by atoms with E-state index < -0.39 is 0 Å². The quantitative estimate of drug-likeness (QED) is 0.746. The van der Waals surface area contributed by atoms with E-state index in [-0.39, 0.29) is 18.6 Å². The number of aryl methyl sites for hydroxylation is 1. The van der Waals surface area contributed by atoms with Crippen LogP contribution in [0.2, 0.25) is 0 Å². The Morgan fingerprint density at radius 3 is 2.95 bits per heavy atom. The lowest BCUT2D eigenvalue weighted by molar-refractivity contribution is 0.0918. The minimum absolute atomic E-state index is 0.0789. The van der Waals surface area contributed by atoms with E-state index in [0.717, 1.165) is 43.4 Å². The zero-order valence-corrected chi connectivity index (χ0v) is 11.1. The van der Waals surface area contributed by atoms with Crippen LogP contribution in [0.3, 0.4) is 0 Å². The summed E-state index contributed by atoms with van der Waals surface area (Å²) in [4.78, 5) is 12.3. The van der Waals surface area contributed by atoms with Crippen molar-refractivity contribution in [1.29, 1.82) is 0 Å². The molecule has 0 spiro atoms. The molecule has 1 heterocycles. The zero-order chi connectivity index (χ0) is 13.2. The molecule has 0 bridgehead atoms. The lowest BCUT2D eigenvalue weighted by Crippen LogP contribution is -2.37. The van der Waals surface area contributed by atoms with Gasteiger partial charge in [-0.15, -0.1) is 0 Å². The number of nitrogens with one attached hydrogen (secondary N) is 2. The van der Waals surface area contributed by atoms with Crippen LogP contribution < -0.4 is 5.32 Å². The van der Waals surface area contributed by atoms with Gasteiger partial charge < -0.3 is 10.4 Å². The van der Waals surface area contributed by atoms with Crippen molar-refractivity contribution >= 4 is 5.91 Å². The number of amides is 1. The molecule has 0 aliphatic heterocycles. The Hall–Kier alpha value is -1.36. The van der Waals surface area contributed by atoms with Gasteiger partial charge in [-0.25, -0.2) is 0 Å². The Balaban J connectivity index is 1.70. The van der Waals surface area contributed by atoms with Gasteiger partial charge in [-0.05, 0) is 50.9 Å². The maximum absolute atomic E-state index is 12.3. The summed E-state index contributed by atoms with van der Waals surface area (Å²) >= 11 is 0. The molecule has 104 valence electrons. The average Bonchev–Trinajstić information content (AvgIpc) is 3.17. The topological polar surface area (TPSA) is 78.0 Å². The molecular formula is C14H21N3O2. The summed E-state index contributed by atoms with van der Waals surface area (Å²) in [5, 5.41) is 19.3. The molecule has 1 amide bonds. The number of fused-ring (bicyclic) bond motifs is 1. The Bertz CT molecular complexity index is 465. The number of rotatable bonds is 5. The molecule has 2 aliphatic carbocycles. The second-order valence-electron chi connectivity index (χ2n) is 5.67. The van der Waals surface area contributed by atoms with Crippen molar-refractivity contribution in [2.45, 2.75) is 51.0 Å². The van der Waals surface area contributed by atoms with Gasteiger partial charge >= 0.3 is 0 Å². The van der Waals surface area contributed by atoms with E-state index in [0.29, 0.717) is 18.0 Å². The fourth-order valence-electron chi connectivity index (χ4n) is 2.97. The van der Waals surface area contributed by atoms with Crippen LogP contribution in [0.5, 0.6) is 0 Å². The minimum Gasteiger partial charge on any atom is -0.396 e. The molecule has 3 N–H and O–H groups in total. The number of aromatic amines is 1. The first-order valence-electron chi connectivity index (χ1n) is 7.27. The van der Waals surface area contributed by atoms with Gasteiger partial charge in [0, 0.05) is 23.9 Å². The van der Waals surface area contributed by atoms with Crippen molar-refractivity contribution in [3.8, 4) is 0 Å². The highest BCUT2D eigenvalue weighted by Gasteiger charge is 2.33. The summed E-state index contributed by atoms with van der Waals surface area (Å²) in [6.45, 7) is 0.125. The smallest absolute Gasteiger partial charge is 0.272 e. The number of nitrogens with zero attached hydrogens (tertiary/aromatic N) is 1. The van der Waals surface area contributed by atoms with E-state index in [1.165, 1.54) is 6.42 Å². The van der Waals surface area contributed by atoms with Crippen molar-refractivity contribution in [1.82, 2.24) is 15.5 Å². The monoisotopic (exact) mass is 263 g/mol. The summed E-state index contributed by atoms with van der Waals surface area (Å²) in [6, 6.07) is 0.105. The van der Waals surface area contributed by atoms with E-state index >= 15 is 0 Å². The molecule has 0 radical (unpaired) electrons. The van der Waals surface area contributed by atoms with Crippen LogP contribution in [-0.4, -0.2) is 33.9 Å². The van der Waals surface area contributed by atoms with E-state index in [9.17, 15) is 4.79 Å². The fraction of sp³-hybridized carbons (Fsp3) is 0.714. The molecule has 1 aromatic rings. The van der Waals surface area contributed by atoms with Crippen LogP contribution in [-0.2, 0) is 12.8 Å². The van der Waals surface area contributed by atoms with Crippen LogP contribution in [0, 0.1) is 5.92 Å². The van der Waals surface area contributed by atoms with E-state index in [1.54, 1.807) is 0 Å².